The van der Waals surface area contributed by atoms with Gasteiger partial charge in [-0.25, -0.2) is 4.79 Å². The van der Waals surface area contributed by atoms with Crippen LogP contribution in [0.25, 0.3) is 5.57 Å². The Morgan fingerprint density at radius 1 is 1.12 bits per heavy atom. The number of nitrogens with zero attached hydrogens (tertiary/aromatic N) is 3. The van der Waals surface area contributed by atoms with Crippen LogP contribution in [-0.2, 0) is 9.47 Å². The first-order valence-electron chi connectivity index (χ1n) is 12.2. The highest BCUT2D eigenvalue weighted by Crippen LogP contribution is 2.33. The molecule has 33 heavy (non-hydrogen) atoms. The van der Waals surface area contributed by atoms with Crippen LogP contribution in [0.15, 0.2) is 6.08 Å². The summed E-state index contributed by atoms with van der Waals surface area (Å²) in [5, 5.41) is 0. The van der Waals surface area contributed by atoms with Gasteiger partial charge in [0.2, 0.25) is 6.23 Å². The van der Waals surface area contributed by atoms with Crippen molar-refractivity contribution >= 4 is 34.3 Å². The third-order valence-corrected chi connectivity index (χ3v) is 6.39. The minimum absolute atomic E-state index is 0.249. The number of ether oxygens (including phenoxy) is 3. The number of unbranched alkanes of at least 4 members (excludes halogenated alkanes) is 6. The standard InChI is InChI=1S/C22H37ClN3O3S.C2H6O/c1-4-6-8-10-14-19(29-22(23)27)26(3)15-12-13-18(17-26)20-21(25-30-24-20)28-16-11-9-7-5-2;1-3-2/h13,19H,4-12,14-17H2,1-3H3;1-2H3/q+1;. The molecular formula is C24H43ClN3O4S+. The molecule has 2 atom stereocenters. The maximum atomic E-state index is 11.6. The van der Waals surface area contributed by atoms with Gasteiger partial charge in [-0.15, -0.1) is 4.37 Å². The first-order valence-corrected chi connectivity index (χ1v) is 13.3. The molecule has 0 fully saturated rings. The van der Waals surface area contributed by atoms with Gasteiger partial charge >= 0.3 is 5.43 Å². The van der Waals surface area contributed by atoms with E-state index in [9.17, 15) is 4.79 Å². The Hall–Kier alpha value is -1.22. The van der Waals surface area contributed by atoms with Crippen molar-refractivity contribution in [2.45, 2.75) is 84.3 Å². The van der Waals surface area contributed by atoms with E-state index in [1.807, 2.05) is 0 Å². The number of hydrogen-bond acceptors (Lipinski definition) is 7. The second-order valence-corrected chi connectivity index (χ2v) is 9.61. The maximum Gasteiger partial charge on any atom is 0.408 e. The Morgan fingerprint density at radius 3 is 2.42 bits per heavy atom. The summed E-state index contributed by atoms with van der Waals surface area (Å²) in [7, 11) is 5.39. The third kappa shape index (κ3) is 11.2. The van der Waals surface area contributed by atoms with Crippen LogP contribution in [0.5, 0.6) is 5.88 Å². The average molecular weight is 505 g/mol. The fourth-order valence-corrected chi connectivity index (χ4v) is 4.64. The van der Waals surface area contributed by atoms with Crippen LogP contribution in [0.1, 0.15) is 83.7 Å². The monoisotopic (exact) mass is 504 g/mol. The van der Waals surface area contributed by atoms with E-state index in [-0.39, 0.29) is 6.23 Å². The quantitative estimate of drug-likeness (QED) is 0.160. The largest absolute Gasteiger partial charge is 0.475 e. The predicted molar refractivity (Wildman–Crippen MR) is 136 cm³/mol. The highest BCUT2D eigenvalue weighted by atomic mass is 35.5. The van der Waals surface area contributed by atoms with E-state index in [1.54, 1.807) is 14.2 Å². The summed E-state index contributed by atoms with van der Waals surface area (Å²) in [6.45, 7) is 6.68. The Labute approximate surface area is 209 Å². The van der Waals surface area contributed by atoms with E-state index in [4.69, 9.17) is 21.1 Å². The van der Waals surface area contributed by atoms with Gasteiger partial charge in [-0.3, -0.25) is 4.48 Å². The molecule has 9 heteroatoms. The van der Waals surface area contributed by atoms with Crippen LogP contribution < -0.4 is 4.74 Å². The highest BCUT2D eigenvalue weighted by Gasteiger charge is 2.39. The summed E-state index contributed by atoms with van der Waals surface area (Å²) < 4.78 is 25.3. The van der Waals surface area contributed by atoms with E-state index in [1.165, 1.54) is 43.8 Å². The molecule has 0 saturated heterocycles. The van der Waals surface area contributed by atoms with E-state index >= 15 is 0 Å². The molecule has 2 rings (SSSR count). The number of aromatic nitrogens is 2. The lowest BCUT2D eigenvalue weighted by Gasteiger charge is -2.42. The number of carbonyl (C=O) groups excluding carboxylic acids is 1. The van der Waals surface area contributed by atoms with Gasteiger partial charge in [0, 0.05) is 44.2 Å². The van der Waals surface area contributed by atoms with Crippen molar-refractivity contribution in [1.82, 2.24) is 8.75 Å². The SMILES string of the molecule is CCCCCCOc1nsnc1C1=CCC[N+](C)(C(CCCCCC)OC(=O)Cl)C1.COC. The zero-order valence-electron chi connectivity index (χ0n) is 21.1. The average Bonchev–Trinajstić information content (AvgIpc) is 3.25. The van der Waals surface area contributed by atoms with Crippen molar-refractivity contribution in [3.05, 3.63) is 11.8 Å². The number of methoxy groups -OCH3 is 1. The lowest BCUT2D eigenvalue weighted by atomic mass is 10.0. The van der Waals surface area contributed by atoms with Crippen LogP contribution in [-0.4, -0.2) is 65.9 Å². The molecule has 190 valence electrons. The van der Waals surface area contributed by atoms with Gasteiger partial charge in [0.05, 0.1) is 31.9 Å². The van der Waals surface area contributed by atoms with Gasteiger partial charge in [0.15, 0.2) is 0 Å². The Bertz CT molecular complexity index is 701. The van der Waals surface area contributed by atoms with Crippen LogP contribution in [0.4, 0.5) is 4.79 Å². The molecule has 2 heterocycles. The molecule has 0 radical (unpaired) electrons. The molecule has 0 spiro atoms. The zero-order valence-corrected chi connectivity index (χ0v) is 22.7. The number of rotatable bonds is 14. The van der Waals surface area contributed by atoms with Gasteiger partial charge in [-0.1, -0.05) is 58.4 Å². The zero-order chi connectivity index (χ0) is 24.5. The first kappa shape index (κ1) is 29.8. The molecule has 1 aliphatic heterocycles. The molecule has 0 saturated carbocycles. The van der Waals surface area contributed by atoms with Crippen molar-refractivity contribution in [2.24, 2.45) is 0 Å². The Morgan fingerprint density at radius 2 is 1.79 bits per heavy atom. The normalized spacial score (nSPS) is 18.7. The van der Waals surface area contributed by atoms with E-state index < -0.39 is 5.43 Å². The fourth-order valence-electron chi connectivity index (χ4n) is 4.00. The van der Waals surface area contributed by atoms with Gasteiger partial charge in [0.25, 0.3) is 5.88 Å². The summed E-state index contributed by atoms with van der Waals surface area (Å²) in [5.41, 5.74) is 1.23. The van der Waals surface area contributed by atoms with Gasteiger partial charge in [-0.2, -0.15) is 4.37 Å². The van der Waals surface area contributed by atoms with Crippen molar-refractivity contribution in [1.29, 1.82) is 0 Å². The van der Waals surface area contributed by atoms with Gasteiger partial charge in [0.1, 0.15) is 12.2 Å². The van der Waals surface area contributed by atoms with Gasteiger partial charge in [-0.05, 0) is 12.8 Å². The number of quaternary nitrogens is 1. The maximum absolute atomic E-state index is 11.6. The second-order valence-electron chi connectivity index (χ2n) is 8.77. The molecule has 7 nitrogen and oxygen atoms in total. The second kappa shape index (κ2) is 17.2. The predicted octanol–water partition coefficient (Wildman–Crippen LogP) is 6.67. The van der Waals surface area contributed by atoms with Crippen LogP contribution in [0.2, 0.25) is 0 Å². The number of carbonyl (C=O) groups is 1. The van der Waals surface area contributed by atoms with Gasteiger partial charge < -0.3 is 14.2 Å². The van der Waals surface area contributed by atoms with Crippen LogP contribution >= 0.6 is 23.3 Å². The van der Waals surface area contributed by atoms with E-state index in [0.29, 0.717) is 17.0 Å². The smallest absolute Gasteiger partial charge is 0.408 e. The summed E-state index contributed by atoms with van der Waals surface area (Å²) in [5.74, 6) is 0.630. The van der Waals surface area contributed by atoms with E-state index in [2.05, 4.69) is 40.5 Å². The summed E-state index contributed by atoms with van der Waals surface area (Å²) in [4.78, 5) is 11.6. The number of hydrogen-bond donors (Lipinski definition) is 0. The van der Waals surface area contributed by atoms with Crippen molar-refractivity contribution < 1.29 is 23.5 Å². The Kier molecular flexibility index (Phi) is 15.6. The molecule has 0 amide bonds. The summed E-state index contributed by atoms with van der Waals surface area (Å²) in [6.07, 6.45) is 12.9. The molecule has 0 N–H and O–H groups in total. The molecule has 1 aromatic rings. The topological polar surface area (TPSA) is 70.5 Å². The Balaban J connectivity index is 0.00000172. The minimum Gasteiger partial charge on any atom is -0.475 e. The molecule has 0 aliphatic carbocycles. The lowest BCUT2D eigenvalue weighted by molar-refractivity contribution is -0.946. The van der Waals surface area contributed by atoms with E-state index in [0.717, 1.165) is 56.5 Å². The fraction of sp³-hybridized carbons (Fsp3) is 0.792. The van der Waals surface area contributed by atoms with Crippen molar-refractivity contribution in [2.75, 3.05) is 41.0 Å². The molecule has 1 aromatic heterocycles. The molecule has 1 aliphatic rings. The van der Waals surface area contributed by atoms with Crippen LogP contribution in [0.3, 0.4) is 0 Å². The third-order valence-electron chi connectivity index (χ3n) is 5.79. The molecule has 2 unspecified atom stereocenters. The first-order chi connectivity index (χ1) is 15.9. The van der Waals surface area contributed by atoms with Crippen LogP contribution in [0, 0.1) is 0 Å². The van der Waals surface area contributed by atoms with Crippen molar-refractivity contribution in [3.8, 4) is 5.88 Å². The molecule has 0 bridgehead atoms. The summed E-state index contributed by atoms with van der Waals surface area (Å²) in [6, 6.07) is 0. The lowest BCUT2D eigenvalue weighted by Crippen LogP contribution is -2.56. The summed E-state index contributed by atoms with van der Waals surface area (Å²) >= 11 is 6.81. The minimum atomic E-state index is -0.725. The highest BCUT2D eigenvalue weighted by molar-refractivity contribution is 6.99. The molecular weight excluding hydrogens is 462 g/mol. The van der Waals surface area contributed by atoms with Crippen molar-refractivity contribution in [3.63, 3.8) is 0 Å². The number of likely N-dealkylation sites (N-methyl/N-ethyl adjacent to an activating group) is 1. The molecule has 0 aromatic carbocycles. The number of halogens is 1.